The maximum Gasteiger partial charge on any atom is 0.227 e. The van der Waals surface area contributed by atoms with Gasteiger partial charge in [0.05, 0.1) is 30.4 Å². The molecule has 0 saturated carbocycles. The summed E-state index contributed by atoms with van der Waals surface area (Å²) in [6, 6.07) is 17.7. The van der Waals surface area contributed by atoms with Gasteiger partial charge in [-0.15, -0.1) is 0 Å². The van der Waals surface area contributed by atoms with Gasteiger partial charge in [0.2, 0.25) is 5.91 Å². The third-order valence-corrected chi connectivity index (χ3v) is 4.44. The number of aromatic nitrogens is 2. The van der Waals surface area contributed by atoms with Crippen LogP contribution in [0.1, 0.15) is 0 Å². The Hall–Kier alpha value is -2.73. The van der Waals surface area contributed by atoms with Gasteiger partial charge >= 0.3 is 0 Å². The number of nitrogens with zero attached hydrogens (tertiary/aromatic N) is 2. The van der Waals surface area contributed by atoms with Crippen LogP contribution in [0.15, 0.2) is 66.0 Å². The summed E-state index contributed by atoms with van der Waals surface area (Å²) in [6.45, 7) is 0. The van der Waals surface area contributed by atoms with Crippen LogP contribution in [0.3, 0.4) is 0 Å². The number of ether oxygens (including phenoxy) is 1. The van der Waals surface area contributed by atoms with E-state index in [0.717, 1.165) is 22.7 Å². The number of methoxy groups -OCH3 is 1. The first-order valence-electron chi connectivity index (χ1n) is 7.38. The van der Waals surface area contributed by atoms with Gasteiger partial charge in [0.25, 0.3) is 0 Å². The second-order valence-electron chi connectivity index (χ2n) is 5.05. The van der Waals surface area contributed by atoms with Crippen LogP contribution in [0.2, 0.25) is 0 Å². The van der Waals surface area contributed by atoms with E-state index >= 15 is 0 Å². The lowest BCUT2D eigenvalue weighted by molar-refractivity contribution is -0.115. The van der Waals surface area contributed by atoms with Crippen LogP contribution < -0.4 is 10.5 Å². The Kier molecular flexibility index (Phi) is 4.86. The molecule has 0 radical (unpaired) electrons. The normalized spacial score (nSPS) is 10.5. The maximum atomic E-state index is 11.2. The van der Waals surface area contributed by atoms with Gasteiger partial charge in [-0.3, -0.25) is 9.36 Å². The summed E-state index contributed by atoms with van der Waals surface area (Å²) < 4.78 is 7.48. The topological polar surface area (TPSA) is 70.1 Å². The molecule has 0 unspecified atom stereocenters. The molecular weight excluding hydrogens is 322 g/mol. The highest BCUT2D eigenvalue weighted by Crippen LogP contribution is 2.33. The third-order valence-electron chi connectivity index (χ3n) is 3.47. The van der Waals surface area contributed by atoms with Crippen LogP contribution in [-0.2, 0) is 4.79 Å². The Labute approximate surface area is 144 Å². The van der Waals surface area contributed by atoms with Crippen molar-refractivity contribution < 1.29 is 9.53 Å². The lowest BCUT2D eigenvalue weighted by atomic mass is 10.1. The molecule has 0 aliphatic carbocycles. The van der Waals surface area contributed by atoms with E-state index in [9.17, 15) is 4.79 Å². The first-order chi connectivity index (χ1) is 11.7. The molecule has 2 N–H and O–H groups in total. The SMILES string of the molecule is COc1ccccc1-n1c(-c2ccccc2)cnc1SCC(N)=O. The number of carbonyl (C=O) groups excluding carboxylic acids is 1. The van der Waals surface area contributed by atoms with Crippen LogP contribution in [-0.4, -0.2) is 28.3 Å². The number of benzene rings is 2. The lowest BCUT2D eigenvalue weighted by Crippen LogP contribution is -2.13. The van der Waals surface area contributed by atoms with E-state index in [4.69, 9.17) is 10.5 Å². The number of nitrogens with two attached hydrogens (primary N) is 1. The van der Waals surface area contributed by atoms with Crippen molar-refractivity contribution in [1.82, 2.24) is 9.55 Å². The molecule has 3 rings (SSSR count). The minimum atomic E-state index is -0.379. The number of primary amides is 1. The molecule has 0 bridgehead atoms. The number of para-hydroxylation sites is 2. The minimum Gasteiger partial charge on any atom is -0.495 e. The number of imidazole rings is 1. The summed E-state index contributed by atoms with van der Waals surface area (Å²) in [7, 11) is 1.63. The predicted molar refractivity (Wildman–Crippen MR) is 95.5 cm³/mol. The number of rotatable bonds is 6. The zero-order chi connectivity index (χ0) is 16.9. The summed E-state index contributed by atoms with van der Waals surface area (Å²) in [5, 5.41) is 0.692. The average molecular weight is 339 g/mol. The van der Waals surface area contributed by atoms with E-state index in [0.29, 0.717) is 5.16 Å². The molecule has 3 aromatic rings. The van der Waals surface area contributed by atoms with Gasteiger partial charge in [-0.25, -0.2) is 4.98 Å². The molecule has 5 nitrogen and oxygen atoms in total. The van der Waals surface area contributed by atoms with Crippen molar-refractivity contribution in [3.05, 3.63) is 60.8 Å². The molecule has 1 aromatic heterocycles. The highest BCUT2D eigenvalue weighted by molar-refractivity contribution is 7.99. The molecule has 24 heavy (non-hydrogen) atoms. The fraction of sp³-hybridized carbons (Fsp3) is 0.111. The van der Waals surface area contributed by atoms with E-state index in [1.165, 1.54) is 11.8 Å². The van der Waals surface area contributed by atoms with Crippen LogP contribution in [0, 0.1) is 0 Å². The smallest absolute Gasteiger partial charge is 0.227 e. The fourth-order valence-corrected chi connectivity index (χ4v) is 3.16. The summed E-state index contributed by atoms with van der Waals surface area (Å²) in [5.74, 6) is 0.518. The Morgan fingerprint density at radius 2 is 1.88 bits per heavy atom. The lowest BCUT2D eigenvalue weighted by Gasteiger charge is -2.15. The summed E-state index contributed by atoms with van der Waals surface area (Å²) in [4.78, 5) is 15.6. The van der Waals surface area contributed by atoms with Gasteiger partial charge in [0, 0.05) is 5.56 Å². The predicted octanol–water partition coefficient (Wildman–Crippen LogP) is 3.13. The second kappa shape index (κ2) is 7.23. The third kappa shape index (κ3) is 3.28. The number of hydrogen-bond donors (Lipinski definition) is 1. The van der Waals surface area contributed by atoms with Crippen LogP contribution in [0.5, 0.6) is 5.75 Å². The Bertz CT molecular complexity index is 846. The minimum absolute atomic E-state index is 0.167. The van der Waals surface area contributed by atoms with Crippen LogP contribution in [0.4, 0.5) is 0 Å². The number of amides is 1. The van der Waals surface area contributed by atoms with Crippen molar-refractivity contribution in [1.29, 1.82) is 0 Å². The first-order valence-corrected chi connectivity index (χ1v) is 8.37. The quantitative estimate of drug-likeness (QED) is 0.701. The molecule has 0 saturated heterocycles. The Morgan fingerprint density at radius 3 is 2.58 bits per heavy atom. The Morgan fingerprint density at radius 1 is 1.17 bits per heavy atom. The van der Waals surface area contributed by atoms with Gasteiger partial charge in [0.1, 0.15) is 5.75 Å². The molecule has 0 atom stereocenters. The van der Waals surface area contributed by atoms with E-state index in [-0.39, 0.29) is 11.7 Å². The average Bonchev–Trinajstić information content (AvgIpc) is 3.04. The molecule has 0 aliphatic heterocycles. The largest absolute Gasteiger partial charge is 0.495 e. The van der Waals surface area contributed by atoms with Gasteiger partial charge in [0.15, 0.2) is 5.16 Å². The summed E-state index contributed by atoms with van der Waals surface area (Å²) in [6.07, 6.45) is 1.80. The highest BCUT2D eigenvalue weighted by Gasteiger charge is 2.17. The van der Waals surface area contributed by atoms with E-state index in [1.807, 2.05) is 59.2 Å². The molecule has 0 fully saturated rings. The standard InChI is InChI=1S/C18H17N3O2S/c1-23-16-10-6-5-9-14(16)21-15(13-7-3-2-4-8-13)11-20-18(21)24-12-17(19)22/h2-11H,12H2,1H3,(H2,19,22). The van der Waals surface area contributed by atoms with Gasteiger partial charge in [-0.1, -0.05) is 54.2 Å². The fourth-order valence-electron chi connectivity index (χ4n) is 2.43. The zero-order valence-corrected chi connectivity index (χ0v) is 14.0. The van der Waals surface area contributed by atoms with Crippen molar-refractivity contribution >= 4 is 17.7 Å². The monoisotopic (exact) mass is 339 g/mol. The van der Waals surface area contributed by atoms with Crippen molar-refractivity contribution in [3.8, 4) is 22.7 Å². The molecule has 6 heteroatoms. The van der Waals surface area contributed by atoms with Gasteiger partial charge in [-0.05, 0) is 12.1 Å². The highest BCUT2D eigenvalue weighted by atomic mass is 32.2. The molecule has 122 valence electrons. The molecule has 1 heterocycles. The number of thioether (sulfide) groups is 1. The van der Waals surface area contributed by atoms with Crippen molar-refractivity contribution in [2.75, 3.05) is 12.9 Å². The molecule has 0 aliphatic rings. The maximum absolute atomic E-state index is 11.2. The zero-order valence-electron chi connectivity index (χ0n) is 13.2. The number of carbonyl (C=O) groups is 1. The van der Waals surface area contributed by atoms with E-state index in [2.05, 4.69) is 4.98 Å². The number of hydrogen-bond acceptors (Lipinski definition) is 4. The van der Waals surface area contributed by atoms with Crippen LogP contribution in [0.25, 0.3) is 16.9 Å². The van der Waals surface area contributed by atoms with Crippen LogP contribution >= 0.6 is 11.8 Å². The van der Waals surface area contributed by atoms with Gasteiger partial charge in [-0.2, -0.15) is 0 Å². The van der Waals surface area contributed by atoms with Crippen molar-refractivity contribution in [3.63, 3.8) is 0 Å². The van der Waals surface area contributed by atoms with Gasteiger partial charge < -0.3 is 10.5 Å². The van der Waals surface area contributed by atoms with Crippen molar-refractivity contribution in [2.45, 2.75) is 5.16 Å². The van der Waals surface area contributed by atoms with E-state index in [1.54, 1.807) is 13.3 Å². The molecule has 1 amide bonds. The summed E-state index contributed by atoms with van der Waals surface area (Å²) >= 11 is 1.31. The summed E-state index contributed by atoms with van der Waals surface area (Å²) in [5.41, 5.74) is 8.10. The van der Waals surface area contributed by atoms with E-state index < -0.39 is 0 Å². The second-order valence-corrected chi connectivity index (χ2v) is 6.00. The van der Waals surface area contributed by atoms with Crippen molar-refractivity contribution in [2.24, 2.45) is 5.73 Å². The Balaban J connectivity index is 2.16. The molecular formula is C18H17N3O2S. The first kappa shape index (κ1) is 16.1. The molecule has 0 spiro atoms. The molecule has 2 aromatic carbocycles.